The van der Waals surface area contributed by atoms with E-state index in [0.29, 0.717) is 0 Å². The summed E-state index contributed by atoms with van der Waals surface area (Å²) in [7, 11) is 0. The Morgan fingerprint density at radius 1 is 0.824 bits per heavy atom. The number of carboxylic acid groups (broad SMARTS) is 1. The van der Waals surface area contributed by atoms with Crippen molar-refractivity contribution in [1.29, 1.82) is 0 Å². The van der Waals surface area contributed by atoms with Gasteiger partial charge in [-0.2, -0.15) is 0 Å². The lowest BCUT2D eigenvalue weighted by atomic mass is 9.71. The molecular weight excluding hydrogens is 212 g/mol. The largest absolute Gasteiger partial charge is 0.483 e. The summed E-state index contributed by atoms with van der Waals surface area (Å²) >= 11 is 0. The van der Waals surface area contributed by atoms with E-state index < -0.39 is 0 Å². The Kier molecular flexibility index (Phi) is 4.11. The molecule has 0 radical (unpaired) electrons. The monoisotopic (exact) mass is 238 g/mol. The standard InChI is InChI=1S/C12H18.C2H6.CH2O2/c1-2-8-5-7(1)11-9-3-4-10(6-9)12(8)11;1-2;2-1-3/h7-12H,1-6H2;1-2H3;1H,(H,2,3). The van der Waals surface area contributed by atoms with Gasteiger partial charge in [-0.1, -0.05) is 13.8 Å². The van der Waals surface area contributed by atoms with Crippen LogP contribution in [0.3, 0.4) is 0 Å². The highest BCUT2D eigenvalue weighted by Gasteiger charge is 2.59. The summed E-state index contributed by atoms with van der Waals surface area (Å²) in [5, 5.41) is 6.89. The smallest absolute Gasteiger partial charge is 0.290 e. The first kappa shape index (κ1) is 12.9. The molecule has 98 valence electrons. The van der Waals surface area contributed by atoms with Crippen molar-refractivity contribution in [3.8, 4) is 0 Å². The van der Waals surface area contributed by atoms with E-state index in [0.717, 1.165) is 0 Å². The molecule has 4 aliphatic carbocycles. The van der Waals surface area contributed by atoms with Crippen LogP contribution in [0.2, 0.25) is 0 Å². The van der Waals surface area contributed by atoms with E-state index in [-0.39, 0.29) is 6.47 Å². The average molecular weight is 238 g/mol. The minimum Gasteiger partial charge on any atom is -0.483 e. The molecule has 0 saturated heterocycles. The number of fused-ring (bicyclic) bond motifs is 9. The highest BCUT2D eigenvalue weighted by Crippen LogP contribution is 2.67. The van der Waals surface area contributed by atoms with Gasteiger partial charge in [0.25, 0.3) is 6.47 Å². The summed E-state index contributed by atoms with van der Waals surface area (Å²) in [5.41, 5.74) is 0. The van der Waals surface area contributed by atoms with Crippen molar-refractivity contribution in [2.45, 2.75) is 52.4 Å². The number of carbonyl (C=O) groups is 1. The Morgan fingerprint density at radius 3 is 1.29 bits per heavy atom. The lowest BCUT2D eigenvalue weighted by Crippen LogP contribution is -2.27. The molecule has 4 saturated carbocycles. The molecule has 4 bridgehead atoms. The molecule has 2 heteroatoms. The zero-order valence-corrected chi connectivity index (χ0v) is 11.1. The first-order chi connectivity index (χ1) is 8.35. The molecule has 0 amide bonds. The van der Waals surface area contributed by atoms with Crippen molar-refractivity contribution in [2.24, 2.45) is 35.5 Å². The van der Waals surface area contributed by atoms with Crippen LogP contribution in [0, 0.1) is 35.5 Å². The fourth-order valence-electron chi connectivity index (χ4n) is 5.53. The molecule has 0 aromatic rings. The third-order valence-electron chi connectivity index (χ3n) is 5.65. The van der Waals surface area contributed by atoms with Gasteiger partial charge in [-0.25, -0.2) is 0 Å². The summed E-state index contributed by atoms with van der Waals surface area (Å²) in [6.45, 7) is 3.75. The highest BCUT2D eigenvalue weighted by molar-refractivity contribution is 5.32. The molecule has 2 nitrogen and oxygen atoms in total. The normalized spacial score (nSPS) is 47.6. The fourth-order valence-corrected chi connectivity index (χ4v) is 5.53. The molecule has 0 aliphatic heterocycles. The molecule has 1 N–H and O–H groups in total. The van der Waals surface area contributed by atoms with E-state index in [2.05, 4.69) is 0 Å². The summed E-state index contributed by atoms with van der Waals surface area (Å²) in [4.78, 5) is 8.36. The summed E-state index contributed by atoms with van der Waals surface area (Å²) < 4.78 is 0. The van der Waals surface area contributed by atoms with Crippen molar-refractivity contribution in [1.82, 2.24) is 0 Å². The van der Waals surface area contributed by atoms with Gasteiger partial charge in [0.1, 0.15) is 0 Å². The molecule has 4 unspecified atom stereocenters. The van der Waals surface area contributed by atoms with Gasteiger partial charge in [-0.3, -0.25) is 4.79 Å². The van der Waals surface area contributed by atoms with Crippen molar-refractivity contribution in [3.63, 3.8) is 0 Å². The first-order valence-corrected chi connectivity index (χ1v) is 7.43. The van der Waals surface area contributed by atoms with Gasteiger partial charge in [0.2, 0.25) is 0 Å². The third kappa shape index (κ3) is 2.00. The van der Waals surface area contributed by atoms with Gasteiger partial charge in [-0.05, 0) is 74.0 Å². The SMILES string of the molecule is C1CC2CC1C1C3CCC(C3)C21.CC.O=CO. The molecule has 4 fully saturated rings. The molecule has 4 aliphatic rings. The third-order valence-corrected chi connectivity index (χ3v) is 5.65. The molecule has 0 aromatic heterocycles. The second kappa shape index (κ2) is 5.41. The van der Waals surface area contributed by atoms with Crippen LogP contribution >= 0.6 is 0 Å². The van der Waals surface area contributed by atoms with E-state index in [9.17, 15) is 0 Å². The summed E-state index contributed by atoms with van der Waals surface area (Å²) in [5.74, 6) is 7.29. The van der Waals surface area contributed by atoms with E-state index in [4.69, 9.17) is 9.90 Å². The molecule has 0 aromatic carbocycles. The van der Waals surface area contributed by atoms with Crippen LogP contribution in [0.5, 0.6) is 0 Å². The number of hydrogen-bond donors (Lipinski definition) is 1. The van der Waals surface area contributed by atoms with Crippen molar-refractivity contribution in [2.75, 3.05) is 0 Å². The Labute approximate surface area is 105 Å². The van der Waals surface area contributed by atoms with Gasteiger partial charge in [0.05, 0.1) is 0 Å². The van der Waals surface area contributed by atoms with Crippen LogP contribution in [-0.2, 0) is 4.79 Å². The van der Waals surface area contributed by atoms with Crippen LogP contribution < -0.4 is 0 Å². The number of rotatable bonds is 0. The maximum absolute atomic E-state index is 8.36. The van der Waals surface area contributed by atoms with Crippen LogP contribution in [-0.4, -0.2) is 11.6 Å². The molecule has 0 heterocycles. The lowest BCUT2D eigenvalue weighted by Gasteiger charge is -2.34. The molecule has 0 spiro atoms. The van der Waals surface area contributed by atoms with Crippen LogP contribution in [0.4, 0.5) is 0 Å². The Balaban J connectivity index is 0.000000193. The molecule has 4 atom stereocenters. The van der Waals surface area contributed by atoms with Crippen molar-refractivity contribution >= 4 is 6.47 Å². The second-order valence-corrected chi connectivity index (χ2v) is 5.93. The predicted molar refractivity (Wildman–Crippen MR) is 68.7 cm³/mol. The Morgan fingerprint density at radius 2 is 1.06 bits per heavy atom. The van der Waals surface area contributed by atoms with Gasteiger partial charge in [-0.15, -0.1) is 0 Å². The van der Waals surface area contributed by atoms with Crippen molar-refractivity contribution in [3.05, 3.63) is 0 Å². The minimum atomic E-state index is -0.250. The van der Waals surface area contributed by atoms with Crippen LogP contribution in [0.1, 0.15) is 52.4 Å². The topological polar surface area (TPSA) is 37.3 Å². The molecule has 4 rings (SSSR count). The molecule has 17 heavy (non-hydrogen) atoms. The van der Waals surface area contributed by atoms with E-state index in [1.54, 1.807) is 38.5 Å². The van der Waals surface area contributed by atoms with Gasteiger partial charge in [0.15, 0.2) is 0 Å². The Bertz CT molecular complexity index is 220. The average Bonchev–Trinajstić information content (AvgIpc) is 3.12. The van der Waals surface area contributed by atoms with Gasteiger partial charge >= 0.3 is 0 Å². The quantitative estimate of drug-likeness (QED) is 0.515. The van der Waals surface area contributed by atoms with E-state index >= 15 is 0 Å². The summed E-state index contributed by atoms with van der Waals surface area (Å²) in [6, 6.07) is 0. The fraction of sp³-hybridized carbons (Fsp3) is 0.933. The zero-order valence-electron chi connectivity index (χ0n) is 11.1. The van der Waals surface area contributed by atoms with Crippen molar-refractivity contribution < 1.29 is 9.90 Å². The minimum absolute atomic E-state index is 0.250. The highest BCUT2D eigenvalue weighted by atomic mass is 16.3. The molecular formula is C15H26O2. The maximum Gasteiger partial charge on any atom is 0.290 e. The summed E-state index contributed by atoms with van der Waals surface area (Å²) in [6.07, 6.45) is 9.71. The van der Waals surface area contributed by atoms with Crippen LogP contribution in [0.25, 0.3) is 0 Å². The number of hydrogen-bond acceptors (Lipinski definition) is 1. The van der Waals surface area contributed by atoms with Crippen LogP contribution in [0.15, 0.2) is 0 Å². The van der Waals surface area contributed by atoms with Gasteiger partial charge in [0, 0.05) is 0 Å². The van der Waals surface area contributed by atoms with Gasteiger partial charge < -0.3 is 5.11 Å². The Hall–Kier alpha value is -0.530. The van der Waals surface area contributed by atoms with E-state index in [1.807, 2.05) is 13.8 Å². The lowest BCUT2D eigenvalue weighted by molar-refractivity contribution is -0.122. The zero-order chi connectivity index (χ0) is 12.4. The maximum atomic E-state index is 8.36. The van der Waals surface area contributed by atoms with E-state index in [1.165, 1.54) is 35.5 Å². The first-order valence-electron chi connectivity index (χ1n) is 7.43. The predicted octanol–water partition coefficient (Wildman–Crippen LogP) is 3.81. The second-order valence-electron chi connectivity index (χ2n) is 5.93.